The number of nitrogens with zero attached hydrogens (tertiary/aromatic N) is 3. The van der Waals surface area contributed by atoms with E-state index < -0.39 is 5.60 Å². The number of aromatic nitrogens is 1. The molecule has 1 fully saturated rings. The third-order valence-corrected chi connectivity index (χ3v) is 5.69. The Morgan fingerprint density at radius 3 is 3.07 bits per heavy atom. The third kappa shape index (κ3) is 3.71. The summed E-state index contributed by atoms with van der Waals surface area (Å²) in [5, 5.41) is 10.8. The summed E-state index contributed by atoms with van der Waals surface area (Å²) in [6.45, 7) is 2.91. The zero-order valence-corrected chi connectivity index (χ0v) is 15.8. The summed E-state index contributed by atoms with van der Waals surface area (Å²) in [4.78, 5) is 36.6. The highest BCUT2D eigenvalue weighted by atomic mass is 32.1. The number of carbonyl (C=O) groups is 2. The predicted octanol–water partition coefficient (Wildman–Crippen LogP) is 2.38. The number of likely N-dealkylation sites (tertiary alicyclic amines) is 1. The molecule has 0 radical (unpaired) electrons. The fraction of sp³-hybridized carbons (Fsp3) is 0.368. The Balaban J connectivity index is 1.35. The molecule has 140 valence electrons. The van der Waals surface area contributed by atoms with Crippen molar-refractivity contribution < 1.29 is 14.4 Å². The van der Waals surface area contributed by atoms with E-state index in [0.717, 1.165) is 11.3 Å². The number of hydrogen-bond donors (Lipinski definition) is 1. The molecule has 2 amide bonds. The van der Waals surface area contributed by atoms with Crippen molar-refractivity contribution in [2.24, 2.45) is 5.16 Å². The molecule has 8 heteroatoms. The molecule has 1 N–H and O–H groups in total. The van der Waals surface area contributed by atoms with Gasteiger partial charge in [0.05, 0.1) is 24.3 Å². The van der Waals surface area contributed by atoms with Crippen molar-refractivity contribution in [2.75, 3.05) is 18.4 Å². The van der Waals surface area contributed by atoms with Crippen LogP contribution in [0.5, 0.6) is 0 Å². The lowest BCUT2D eigenvalue weighted by atomic mass is 9.96. The summed E-state index contributed by atoms with van der Waals surface area (Å²) in [6, 6.07) is 5.53. The summed E-state index contributed by atoms with van der Waals surface area (Å²) >= 11 is 1.59. The first-order valence-corrected chi connectivity index (χ1v) is 9.76. The van der Waals surface area contributed by atoms with Gasteiger partial charge in [-0.1, -0.05) is 5.16 Å². The predicted molar refractivity (Wildman–Crippen MR) is 103 cm³/mol. The van der Waals surface area contributed by atoms with E-state index in [4.69, 9.17) is 4.84 Å². The summed E-state index contributed by atoms with van der Waals surface area (Å²) < 4.78 is 0. The number of aryl methyl sites for hydroxylation is 1. The molecule has 1 atom stereocenters. The van der Waals surface area contributed by atoms with Gasteiger partial charge in [-0.2, -0.15) is 11.3 Å². The molecule has 0 bridgehead atoms. The Labute approximate surface area is 161 Å². The number of nitrogens with one attached hydrogen (secondary N) is 1. The number of hydrogen-bond acceptors (Lipinski definition) is 6. The highest BCUT2D eigenvalue weighted by molar-refractivity contribution is 7.08. The third-order valence-electron chi connectivity index (χ3n) is 4.96. The molecule has 1 saturated heterocycles. The van der Waals surface area contributed by atoms with Crippen LogP contribution in [0.15, 0.2) is 40.3 Å². The van der Waals surface area contributed by atoms with Gasteiger partial charge in [-0.3, -0.25) is 14.6 Å². The quantitative estimate of drug-likeness (QED) is 0.877. The van der Waals surface area contributed by atoms with Crippen molar-refractivity contribution in [2.45, 2.75) is 31.8 Å². The van der Waals surface area contributed by atoms with Gasteiger partial charge >= 0.3 is 0 Å². The standard InChI is InChI=1S/C19H20N4O3S/c1-13-15(3-2-6-20-13)21-18(25)16-10-19(26-22-16)5-7-23(12-19)17(24)9-14-4-8-27-11-14/h2-4,6,8,11H,5,7,9-10,12H2,1H3,(H,21,25)/t19-/m0/s1. The van der Waals surface area contributed by atoms with Crippen LogP contribution in [0.1, 0.15) is 24.1 Å². The van der Waals surface area contributed by atoms with E-state index in [1.165, 1.54) is 0 Å². The summed E-state index contributed by atoms with van der Waals surface area (Å²) in [7, 11) is 0. The minimum Gasteiger partial charge on any atom is -0.386 e. The minimum absolute atomic E-state index is 0.0813. The molecule has 2 aliphatic heterocycles. The second kappa shape index (κ2) is 7.11. The molecule has 1 spiro atoms. The van der Waals surface area contributed by atoms with Crippen molar-refractivity contribution >= 4 is 34.6 Å². The van der Waals surface area contributed by atoms with Crippen molar-refractivity contribution in [1.82, 2.24) is 9.88 Å². The van der Waals surface area contributed by atoms with E-state index in [1.54, 1.807) is 34.6 Å². The van der Waals surface area contributed by atoms with Crippen LogP contribution < -0.4 is 5.32 Å². The Bertz CT molecular complexity index is 896. The first kappa shape index (κ1) is 17.7. The molecule has 4 heterocycles. The molecule has 2 aromatic rings. The first-order chi connectivity index (χ1) is 13.0. The molecule has 4 rings (SSSR count). The molecule has 2 aromatic heterocycles. The van der Waals surface area contributed by atoms with Crippen LogP contribution in [0.2, 0.25) is 0 Å². The van der Waals surface area contributed by atoms with Gasteiger partial charge in [0.25, 0.3) is 5.91 Å². The number of thiophene rings is 1. The summed E-state index contributed by atoms with van der Waals surface area (Å²) in [6.07, 6.45) is 3.15. The van der Waals surface area contributed by atoms with Gasteiger partial charge in [-0.15, -0.1) is 0 Å². The zero-order chi connectivity index (χ0) is 18.9. The number of pyridine rings is 1. The van der Waals surface area contributed by atoms with Crippen LogP contribution in [0.25, 0.3) is 0 Å². The molecule has 0 aliphatic carbocycles. The Hall–Kier alpha value is -2.74. The highest BCUT2D eigenvalue weighted by Gasteiger charge is 2.47. The van der Waals surface area contributed by atoms with Gasteiger partial charge in [0.1, 0.15) is 5.71 Å². The van der Waals surface area contributed by atoms with Crippen molar-refractivity contribution in [3.05, 3.63) is 46.4 Å². The summed E-state index contributed by atoms with van der Waals surface area (Å²) in [5.74, 6) is -0.205. The fourth-order valence-electron chi connectivity index (χ4n) is 3.41. The molecule has 0 saturated carbocycles. The van der Waals surface area contributed by atoms with Gasteiger partial charge in [0.2, 0.25) is 5.91 Å². The van der Waals surface area contributed by atoms with Crippen molar-refractivity contribution in [3.8, 4) is 0 Å². The molecular weight excluding hydrogens is 364 g/mol. The first-order valence-electron chi connectivity index (χ1n) is 8.82. The van der Waals surface area contributed by atoms with E-state index in [1.807, 2.05) is 23.8 Å². The average Bonchev–Trinajstić information content (AvgIpc) is 3.39. The fourth-order valence-corrected chi connectivity index (χ4v) is 4.08. The molecule has 0 unspecified atom stereocenters. The van der Waals surface area contributed by atoms with E-state index >= 15 is 0 Å². The number of rotatable bonds is 4. The van der Waals surface area contributed by atoms with Crippen LogP contribution in [0.3, 0.4) is 0 Å². The maximum Gasteiger partial charge on any atom is 0.273 e. The van der Waals surface area contributed by atoms with Gasteiger partial charge in [-0.25, -0.2) is 0 Å². The molecule has 7 nitrogen and oxygen atoms in total. The Morgan fingerprint density at radius 2 is 2.30 bits per heavy atom. The smallest absolute Gasteiger partial charge is 0.273 e. The largest absolute Gasteiger partial charge is 0.386 e. The zero-order valence-electron chi connectivity index (χ0n) is 15.0. The van der Waals surface area contributed by atoms with Crippen LogP contribution in [0.4, 0.5) is 5.69 Å². The van der Waals surface area contributed by atoms with Gasteiger partial charge in [-0.05, 0) is 41.4 Å². The summed E-state index contributed by atoms with van der Waals surface area (Å²) in [5.41, 5.74) is 2.20. The maximum atomic E-state index is 12.5. The molecular formula is C19H20N4O3S. The van der Waals surface area contributed by atoms with Gasteiger partial charge in [0.15, 0.2) is 5.60 Å². The number of amides is 2. The number of anilines is 1. The van der Waals surface area contributed by atoms with Crippen LogP contribution in [-0.4, -0.2) is 46.1 Å². The lowest BCUT2D eigenvalue weighted by Crippen LogP contribution is -2.38. The van der Waals surface area contributed by atoms with Crippen LogP contribution in [-0.2, 0) is 20.8 Å². The lowest BCUT2D eigenvalue weighted by Gasteiger charge is -2.21. The Morgan fingerprint density at radius 1 is 1.41 bits per heavy atom. The number of carbonyl (C=O) groups excluding carboxylic acids is 2. The average molecular weight is 384 g/mol. The minimum atomic E-state index is -0.582. The second-order valence-corrected chi connectivity index (χ2v) is 7.73. The lowest BCUT2D eigenvalue weighted by molar-refractivity contribution is -0.130. The van der Waals surface area contributed by atoms with E-state index in [9.17, 15) is 9.59 Å². The monoisotopic (exact) mass is 384 g/mol. The molecule has 2 aliphatic rings. The Kier molecular flexibility index (Phi) is 4.65. The van der Waals surface area contributed by atoms with E-state index in [2.05, 4.69) is 15.5 Å². The highest BCUT2D eigenvalue weighted by Crippen LogP contribution is 2.34. The molecule has 0 aromatic carbocycles. The van der Waals surface area contributed by atoms with E-state index in [-0.39, 0.29) is 11.8 Å². The van der Waals surface area contributed by atoms with Crippen LogP contribution in [0, 0.1) is 6.92 Å². The van der Waals surface area contributed by atoms with Crippen molar-refractivity contribution in [3.63, 3.8) is 0 Å². The SMILES string of the molecule is Cc1ncccc1NC(=O)C1=NO[C@@]2(CCN(C(=O)Cc3ccsc3)C2)C1. The number of oxime groups is 1. The van der Waals surface area contributed by atoms with Crippen LogP contribution >= 0.6 is 11.3 Å². The molecule has 27 heavy (non-hydrogen) atoms. The van der Waals surface area contributed by atoms with Gasteiger partial charge < -0.3 is 15.1 Å². The second-order valence-electron chi connectivity index (χ2n) is 6.95. The van der Waals surface area contributed by atoms with E-state index in [0.29, 0.717) is 43.8 Å². The van der Waals surface area contributed by atoms with Crippen molar-refractivity contribution in [1.29, 1.82) is 0 Å². The normalized spacial score (nSPS) is 21.2. The van der Waals surface area contributed by atoms with Gasteiger partial charge in [0, 0.05) is 25.6 Å². The maximum absolute atomic E-state index is 12.5. The topological polar surface area (TPSA) is 83.9 Å².